The summed E-state index contributed by atoms with van der Waals surface area (Å²) in [5.41, 5.74) is 9.39. The zero-order valence-corrected chi connectivity index (χ0v) is 11.3. The van der Waals surface area contributed by atoms with Crippen LogP contribution in [0.2, 0.25) is 0 Å². The van der Waals surface area contributed by atoms with Crippen LogP contribution in [-0.2, 0) is 6.54 Å². The smallest absolute Gasteiger partial charge is 0.127 e. The van der Waals surface area contributed by atoms with Gasteiger partial charge >= 0.3 is 0 Å². The molecular formula is C15H20N4. The molecule has 0 unspecified atom stereocenters. The standard InChI is InChI=1S/C15H20N4/c1-12-4-6-14(7-5-12)19-15(16)10-13(17-19)11-18-8-2-3-9-18/h4-7,10H,2-3,8-9,11,16H2,1H3. The molecule has 0 atom stereocenters. The zero-order valence-electron chi connectivity index (χ0n) is 11.3. The van der Waals surface area contributed by atoms with E-state index in [0.29, 0.717) is 5.82 Å². The molecule has 1 fully saturated rings. The second-order valence-electron chi connectivity index (χ2n) is 5.29. The normalized spacial score (nSPS) is 16.1. The lowest BCUT2D eigenvalue weighted by atomic mass is 10.2. The van der Waals surface area contributed by atoms with Gasteiger partial charge in [-0.1, -0.05) is 17.7 Å². The van der Waals surface area contributed by atoms with E-state index < -0.39 is 0 Å². The molecule has 0 radical (unpaired) electrons. The predicted molar refractivity (Wildman–Crippen MR) is 77.2 cm³/mol. The molecule has 0 aliphatic carbocycles. The highest BCUT2D eigenvalue weighted by atomic mass is 15.3. The number of rotatable bonds is 3. The number of hydrogen-bond donors (Lipinski definition) is 1. The maximum atomic E-state index is 6.07. The van der Waals surface area contributed by atoms with Crippen molar-refractivity contribution in [3.05, 3.63) is 41.6 Å². The number of nitrogen functional groups attached to an aromatic ring is 1. The van der Waals surface area contributed by atoms with E-state index in [2.05, 4.69) is 41.2 Å². The summed E-state index contributed by atoms with van der Waals surface area (Å²) in [7, 11) is 0. The average molecular weight is 256 g/mol. The molecule has 0 spiro atoms. The molecule has 100 valence electrons. The first-order valence-corrected chi connectivity index (χ1v) is 6.86. The highest BCUT2D eigenvalue weighted by Gasteiger charge is 2.14. The van der Waals surface area contributed by atoms with Crippen molar-refractivity contribution >= 4 is 5.82 Å². The van der Waals surface area contributed by atoms with E-state index >= 15 is 0 Å². The molecule has 1 aliphatic rings. The van der Waals surface area contributed by atoms with Crippen LogP contribution < -0.4 is 5.73 Å². The third-order valence-corrected chi connectivity index (χ3v) is 3.65. The van der Waals surface area contributed by atoms with E-state index in [0.717, 1.165) is 17.9 Å². The monoisotopic (exact) mass is 256 g/mol. The van der Waals surface area contributed by atoms with Crippen LogP contribution in [0, 0.1) is 6.92 Å². The van der Waals surface area contributed by atoms with Gasteiger partial charge in [-0.15, -0.1) is 0 Å². The van der Waals surface area contributed by atoms with Crippen LogP contribution in [0.5, 0.6) is 0 Å². The molecule has 4 nitrogen and oxygen atoms in total. The van der Waals surface area contributed by atoms with Gasteiger partial charge in [-0.25, -0.2) is 4.68 Å². The van der Waals surface area contributed by atoms with Crippen LogP contribution in [0.25, 0.3) is 5.69 Å². The van der Waals surface area contributed by atoms with Gasteiger partial charge in [-0.05, 0) is 45.0 Å². The van der Waals surface area contributed by atoms with Gasteiger partial charge in [0.1, 0.15) is 5.82 Å². The Morgan fingerprint density at radius 1 is 1.16 bits per heavy atom. The molecule has 0 saturated carbocycles. The Morgan fingerprint density at radius 3 is 2.53 bits per heavy atom. The first-order chi connectivity index (χ1) is 9.22. The maximum absolute atomic E-state index is 6.07. The minimum Gasteiger partial charge on any atom is -0.384 e. The number of benzene rings is 1. The maximum Gasteiger partial charge on any atom is 0.127 e. The van der Waals surface area contributed by atoms with Crippen molar-refractivity contribution in [3.8, 4) is 5.69 Å². The lowest BCUT2D eigenvalue weighted by Gasteiger charge is -2.11. The van der Waals surface area contributed by atoms with Crippen LogP contribution in [-0.4, -0.2) is 27.8 Å². The van der Waals surface area contributed by atoms with Gasteiger partial charge in [0, 0.05) is 12.6 Å². The van der Waals surface area contributed by atoms with E-state index in [1.807, 2.05) is 10.7 Å². The third kappa shape index (κ3) is 2.63. The second-order valence-corrected chi connectivity index (χ2v) is 5.29. The van der Waals surface area contributed by atoms with Crippen LogP contribution >= 0.6 is 0 Å². The van der Waals surface area contributed by atoms with Gasteiger partial charge < -0.3 is 5.73 Å². The summed E-state index contributed by atoms with van der Waals surface area (Å²) < 4.78 is 1.82. The molecule has 19 heavy (non-hydrogen) atoms. The van der Waals surface area contributed by atoms with E-state index in [4.69, 9.17) is 5.73 Å². The van der Waals surface area contributed by atoms with E-state index in [9.17, 15) is 0 Å². The molecule has 3 rings (SSSR count). The van der Waals surface area contributed by atoms with Crippen molar-refractivity contribution in [1.29, 1.82) is 0 Å². The summed E-state index contributed by atoms with van der Waals surface area (Å²) in [4.78, 5) is 2.43. The number of nitrogens with two attached hydrogens (primary N) is 1. The van der Waals surface area contributed by atoms with Crippen molar-refractivity contribution in [2.75, 3.05) is 18.8 Å². The first kappa shape index (κ1) is 12.2. The minimum atomic E-state index is 0.707. The SMILES string of the molecule is Cc1ccc(-n2nc(CN3CCCC3)cc2N)cc1. The van der Waals surface area contributed by atoms with E-state index in [-0.39, 0.29) is 0 Å². The van der Waals surface area contributed by atoms with Gasteiger partial charge in [0.2, 0.25) is 0 Å². The number of likely N-dealkylation sites (tertiary alicyclic amines) is 1. The van der Waals surface area contributed by atoms with Crippen molar-refractivity contribution in [2.24, 2.45) is 0 Å². The minimum absolute atomic E-state index is 0.707. The van der Waals surface area contributed by atoms with E-state index in [1.165, 1.54) is 31.5 Å². The summed E-state index contributed by atoms with van der Waals surface area (Å²) in [6.45, 7) is 5.34. The number of aromatic nitrogens is 2. The fraction of sp³-hybridized carbons (Fsp3) is 0.400. The van der Waals surface area contributed by atoms with Gasteiger partial charge in [0.05, 0.1) is 11.4 Å². The number of nitrogens with zero attached hydrogens (tertiary/aromatic N) is 3. The Balaban J connectivity index is 1.82. The quantitative estimate of drug-likeness (QED) is 0.917. The fourth-order valence-electron chi connectivity index (χ4n) is 2.59. The summed E-state index contributed by atoms with van der Waals surface area (Å²) in [5, 5.41) is 4.62. The van der Waals surface area contributed by atoms with Crippen LogP contribution in [0.3, 0.4) is 0 Å². The zero-order chi connectivity index (χ0) is 13.2. The Hall–Kier alpha value is -1.81. The molecule has 2 N–H and O–H groups in total. The Morgan fingerprint density at radius 2 is 1.84 bits per heavy atom. The van der Waals surface area contributed by atoms with Crippen molar-refractivity contribution in [1.82, 2.24) is 14.7 Å². The van der Waals surface area contributed by atoms with Crippen molar-refractivity contribution < 1.29 is 0 Å². The van der Waals surface area contributed by atoms with Crippen LogP contribution in [0.4, 0.5) is 5.82 Å². The Kier molecular flexibility index (Phi) is 3.25. The third-order valence-electron chi connectivity index (χ3n) is 3.65. The average Bonchev–Trinajstić information content (AvgIpc) is 3.01. The number of anilines is 1. The fourth-order valence-corrected chi connectivity index (χ4v) is 2.59. The Bertz CT molecular complexity index is 550. The van der Waals surface area contributed by atoms with Gasteiger partial charge in [-0.2, -0.15) is 5.10 Å². The highest BCUT2D eigenvalue weighted by Crippen LogP contribution is 2.18. The summed E-state index contributed by atoms with van der Waals surface area (Å²) in [6.07, 6.45) is 2.60. The lowest BCUT2D eigenvalue weighted by molar-refractivity contribution is 0.326. The molecular weight excluding hydrogens is 236 g/mol. The topological polar surface area (TPSA) is 47.1 Å². The molecule has 2 aromatic rings. The molecule has 1 aliphatic heterocycles. The van der Waals surface area contributed by atoms with Crippen molar-refractivity contribution in [2.45, 2.75) is 26.3 Å². The van der Waals surface area contributed by atoms with Crippen molar-refractivity contribution in [3.63, 3.8) is 0 Å². The molecule has 1 aromatic carbocycles. The van der Waals surface area contributed by atoms with Gasteiger partial charge in [0.15, 0.2) is 0 Å². The van der Waals surface area contributed by atoms with Crippen LogP contribution in [0.15, 0.2) is 30.3 Å². The predicted octanol–water partition coefficient (Wildman–Crippen LogP) is 2.36. The Labute approximate surface area is 113 Å². The number of hydrogen-bond acceptors (Lipinski definition) is 3. The molecule has 4 heteroatoms. The van der Waals surface area contributed by atoms with Gasteiger partial charge in [-0.3, -0.25) is 4.90 Å². The molecule has 2 heterocycles. The molecule has 0 bridgehead atoms. The van der Waals surface area contributed by atoms with Crippen LogP contribution in [0.1, 0.15) is 24.1 Å². The summed E-state index contributed by atoms with van der Waals surface area (Å²) in [6, 6.07) is 10.3. The van der Waals surface area contributed by atoms with E-state index in [1.54, 1.807) is 0 Å². The second kappa shape index (κ2) is 5.05. The first-order valence-electron chi connectivity index (χ1n) is 6.86. The number of aryl methyl sites for hydroxylation is 1. The largest absolute Gasteiger partial charge is 0.384 e. The molecule has 0 amide bonds. The van der Waals surface area contributed by atoms with Gasteiger partial charge in [0.25, 0.3) is 0 Å². The summed E-state index contributed by atoms with van der Waals surface area (Å²) in [5.74, 6) is 0.707. The molecule has 1 aromatic heterocycles. The lowest BCUT2D eigenvalue weighted by Crippen LogP contribution is -2.18. The highest BCUT2D eigenvalue weighted by molar-refractivity contribution is 5.43. The summed E-state index contributed by atoms with van der Waals surface area (Å²) >= 11 is 0. The molecule has 1 saturated heterocycles.